The second-order valence-electron chi connectivity index (χ2n) is 4.63. The molecule has 1 unspecified atom stereocenters. The zero-order valence-corrected chi connectivity index (χ0v) is 11.9. The lowest BCUT2D eigenvalue weighted by molar-refractivity contribution is 0.0134. The van der Waals surface area contributed by atoms with Gasteiger partial charge >= 0.3 is 0 Å². The van der Waals surface area contributed by atoms with E-state index >= 15 is 0 Å². The summed E-state index contributed by atoms with van der Waals surface area (Å²) < 4.78 is 10.7. The van der Waals surface area contributed by atoms with Crippen molar-refractivity contribution < 1.29 is 9.47 Å². The Balaban J connectivity index is 1.81. The molecule has 0 radical (unpaired) electrons. The van der Waals surface area contributed by atoms with Gasteiger partial charge in [0.1, 0.15) is 17.6 Å². The minimum absolute atomic E-state index is 0.362. The molecule has 2 rings (SSSR count). The van der Waals surface area contributed by atoms with Gasteiger partial charge in [-0.2, -0.15) is 0 Å². The van der Waals surface area contributed by atoms with Gasteiger partial charge in [0.15, 0.2) is 5.82 Å². The summed E-state index contributed by atoms with van der Waals surface area (Å²) in [7, 11) is 1.61. The number of nitrogens with one attached hydrogen (secondary N) is 1. The number of nitrogens with zero attached hydrogens (tertiary/aromatic N) is 2. The third-order valence-electron chi connectivity index (χ3n) is 3.06. The fraction of sp³-hybridized carbons (Fsp3) is 0.692. The van der Waals surface area contributed by atoms with Crippen LogP contribution in [0.25, 0.3) is 0 Å². The molecule has 0 aliphatic carbocycles. The maximum Gasteiger partial charge on any atom is 0.158 e. The fourth-order valence-corrected chi connectivity index (χ4v) is 2.35. The van der Waals surface area contributed by atoms with Gasteiger partial charge in [-0.05, 0) is 25.7 Å². The number of hydrogen-bond donors (Lipinski definition) is 1. The number of ether oxygens (including phenoxy) is 2. The molecule has 1 aliphatic heterocycles. The second kappa shape index (κ2) is 7.62. The van der Waals surface area contributed by atoms with E-state index < -0.39 is 0 Å². The summed E-state index contributed by atoms with van der Waals surface area (Å²) in [6.45, 7) is 2.08. The predicted molar refractivity (Wildman–Crippen MR) is 74.5 cm³/mol. The van der Waals surface area contributed by atoms with Gasteiger partial charge in [-0.25, -0.2) is 9.97 Å². The average Bonchev–Trinajstić information content (AvgIpc) is 2.40. The van der Waals surface area contributed by atoms with Gasteiger partial charge in [0.05, 0.1) is 6.10 Å². The first kappa shape index (κ1) is 14.5. The monoisotopic (exact) mass is 285 g/mol. The van der Waals surface area contributed by atoms with Crippen LogP contribution in [0.1, 0.15) is 31.5 Å². The SMILES string of the molecule is COCc1nc(Cl)cc(NCCC2CCCCO2)n1. The van der Waals surface area contributed by atoms with E-state index in [9.17, 15) is 0 Å². The van der Waals surface area contributed by atoms with Crippen LogP contribution in [0.3, 0.4) is 0 Å². The van der Waals surface area contributed by atoms with Gasteiger partial charge in [-0.3, -0.25) is 0 Å². The normalized spacial score (nSPS) is 19.4. The van der Waals surface area contributed by atoms with Gasteiger partial charge in [0, 0.05) is 26.3 Å². The van der Waals surface area contributed by atoms with E-state index in [-0.39, 0.29) is 0 Å². The first-order valence-corrected chi connectivity index (χ1v) is 7.03. The summed E-state index contributed by atoms with van der Waals surface area (Å²) in [5, 5.41) is 3.69. The molecule has 0 aromatic carbocycles. The van der Waals surface area contributed by atoms with Crippen LogP contribution in [0.4, 0.5) is 5.82 Å². The molecule has 0 bridgehead atoms. The Hall–Kier alpha value is -0.910. The number of methoxy groups -OCH3 is 1. The highest BCUT2D eigenvalue weighted by Crippen LogP contribution is 2.16. The molecule has 106 valence electrons. The lowest BCUT2D eigenvalue weighted by Gasteiger charge is -2.22. The minimum atomic E-state index is 0.362. The zero-order valence-electron chi connectivity index (χ0n) is 11.2. The van der Waals surface area contributed by atoms with Crippen molar-refractivity contribution in [3.63, 3.8) is 0 Å². The van der Waals surface area contributed by atoms with Crippen LogP contribution in [0, 0.1) is 0 Å². The minimum Gasteiger partial charge on any atom is -0.378 e. The number of rotatable bonds is 6. The molecule has 6 heteroatoms. The van der Waals surface area contributed by atoms with Crippen molar-refractivity contribution in [2.45, 2.75) is 38.4 Å². The van der Waals surface area contributed by atoms with Gasteiger partial charge in [0.25, 0.3) is 0 Å². The Morgan fingerprint density at radius 2 is 2.37 bits per heavy atom. The molecule has 0 saturated carbocycles. The molecule has 1 N–H and O–H groups in total. The summed E-state index contributed by atoms with van der Waals surface area (Å²) >= 11 is 5.94. The van der Waals surface area contributed by atoms with Crippen LogP contribution in [0.5, 0.6) is 0 Å². The Kier molecular flexibility index (Phi) is 5.82. The standard InChI is InChI=1S/C13H20ClN3O2/c1-18-9-13-16-11(14)8-12(17-13)15-6-5-10-4-2-3-7-19-10/h8,10H,2-7,9H2,1H3,(H,15,16,17). The molecule has 2 heterocycles. The van der Waals surface area contributed by atoms with E-state index in [2.05, 4.69) is 15.3 Å². The molecule has 1 fully saturated rings. The van der Waals surface area contributed by atoms with Crippen molar-refractivity contribution >= 4 is 17.4 Å². The smallest absolute Gasteiger partial charge is 0.158 e. The molecule has 1 atom stereocenters. The van der Waals surface area contributed by atoms with E-state index in [0.29, 0.717) is 23.7 Å². The largest absolute Gasteiger partial charge is 0.378 e. The maximum atomic E-state index is 5.94. The van der Waals surface area contributed by atoms with E-state index in [1.165, 1.54) is 12.8 Å². The molecule has 5 nitrogen and oxygen atoms in total. The van der Waals surface area contributed by atoms with Crippen LogP contribution in [0.2, 0.25) is 5.15 Å². The topological polar surface area (TPSA) is 56.3 Å². The predicted octanol–water partition coefficient (Wildman–Crippen LogP) is 2.65. The third-order valence-corrected chi connectivity index (χ3v) is 3.25. The average molecular weight is 286 g/mol. The van der Waals surface area contributed by atoms with Crippen molar-refractivity contribution in [1.82, 2.24) is 9.97 Å². The summed E-state index contributed by atoms with van der Waals surface area (Å²) in [5.41, 5.74) is 0. The number of hydrogen-bond acceptors (Lipinski definition) is 5. The molecule has 0 amide bonds. The Morgan fingerprint density at radius 1 is 1.47 bits per heavy atom. The molecule has 1 saturated heterocycles. The van der Waals surface area contributed by atoms with Gasteiger partial charge in [-0.1, -0.05) is 11.6 Å². The molecule has 0 spiro atoms. The van der Waals surface area contributed by atoms with Crippen LogP contribution in [-0.4, -0.2) is 36.3 Å². The summed E-state index contributed by atoms with van der Waals surface area (Å²) in [5.74, 6) is 1.33. The van der Waals surface area contributed by atoms with Gasteiger partial charge in [0.2, 0.25) is 0 Å². The second-order valence-corrected chi connectivity index (χ2v) is 5.02. The number of anilines is 1. The van der Waals surface area contributed by atoms with Crippen molar-refractivity contribution in [3.05, 3.63) is 17.0 Å². The highest BCUT2D eigenvalue weighted by Gasteiger charge is 2.13. The van der Waals surface area contributed by atoms with Crippen molar-refractivity contribution in [1.29, 1.82) is 0 Å². The lowest BCUT2D eigenvalue weighted by Crippen LogP contribution is -2.22. The quantitative estimate of drug-likeness (QED) is 0.814. The highest BCUT2D eigenvalue weighted by atomic mass is 35.5. The van der Waals surface area contributed by atoms with Crippen molar-refractivity contribution in [2.75, 3.05) is 25.6 Å². The van der Waals surface area contributed by atoms with E-state index in [1.54, 1.807) is 13.2 Å². The van der Waals surface area contributed by atoms with E-state index in [4.69, 9.17) is 21.1 Å². The Bertz CT molecular complexity index is 397. The van der Waals surface area contributed by atoms with E-state index in [1.807, 2.05) is 0 Å². The summed E-state index contributed by atoms with van der Waals surface area (Å²) in [6.07, 6.45) is 4.97. The van der Waals surface area contributed by atoms with Crippen molar-refractivity contribution in [2.24, 2.45) is 0 Å². The molecule has 1 aliphatic rings. The zero-order chi connectivity index (χ0) is 13.5. The van der Waals surface area contributed by atoms with Crippen LogP contribution >= 0.6 is 11.6 Å². The third kappa shape index (κ3) is 4.93. The molecular formula is C13H20ClN3O2. The summed E-state index contributed by atoms with van der Waals surface area (Å²) in [6, 6.07) is 1.72. The molecular weight excluding hydrogens is 266 g/mol. The summed E-state index contributed by atoms with van der Waals surface area (Å²) in [4.78, 5) is 8.42. The molecule has 1 aromatic heterocycles. The first-order chi connectivity index (χ1) is 9.28. The number of aromatic nitrogens is 2. The van der Waals surface area contributed by atoms with Gasteiger partial charge in [-0.15, -0.1) is 0 Å². The lowest BCUT2D eigenvalue weighted by atomic mass is 10.1. The van der Waals surface area contributed by atoms with Crippen LogP contribution < -0.4 is 5.32 Å². The van der Waals surface area contributed by atoms with E-state index in [0.717, 1.165) is 31.8 Å². The Labute approximate surface area is 118 Å². The van der Waals surface area contributed by atoms with Crippen LogP contribution in [-0.2, 0) is 16.1 Å². The highest BCUT2D eigenvalue weighted by molar-refractivity contribution is 6.29. The maximum absolute atomic E-state index is 5.94. The van der Waals surface area contributed by atoms with Crippen LogP contribution in [0.15, 0.2) is 6.07 Å². The molecule has 19 heavy (non-hydrogen) atoms. The number of halogens is 1. The van der Waals surface area contributed by atoms with Crippen molar-refractivity contribution in [3.8, 4) is 0 Å². The Morgan fingerprint density at radius 3 is 3.11 bits per heavy atom. The first-order valence-electron chi connectivity index (χ1n) is 6.66. The van der Waals surface area contributed by atoms with Gasteiger partial charge < -0.3 is 14.8 Å². The molecule has 1 aromatic rings. The fourth-order valence-electron chi connectivity index (χ4n) is 2.15.